The van der Waals surface area contributed by atoms with Crippen molar-refractivity contribution in [1.29, 1.82) is 0 Å². The van der Waals surface area contributed by atoms with Crippen LogP contribution >= 0.6 is 0 Å². The summed E-state index contributed by atoms with van der Waals surface area (Å²) in [5, 5.41) is 0. The maximum atomic E-state index is 2.40. The van der Waals surface area contributed by atoms with E-state index in [9.17, 15) is 0 Å². The highest BCUT2D eigenvalue weighted by Crippen LogP contribution is 2.27. The van der Waals surface area contributed by atoms with Gasteiger partial charge in [-0.05, 0) is 32.1 Å². The zero-order valence-corrected chi connectivity index (χ0v) is 8.02. The largest absolute Gasteiger partial charge is 0.0779 e. The fraction of sp³-hybridized carbons (Fsp3) is 0.636. The molecule has 0 heterocycles. The molecule has 0 heteroatoms. The highest BCUT2D eigenvalue weighted by atomic mass is 14.2. The van der Waals surface area contributed by atoms with Gasteiger partial charge in [-0.15, -0.1) is 0 Å². The first-order valence-corrected chi connectivity index (χ1v) is 4.45. The predicted octanol–water partition coefficient (Wildman–Crippen LogP) is 3.55. The Morgan fingerprint density at radius 1 is 1.36 bits per heavy atom. The zero-order valence-electron chi connectivity index (χ0n) is 8.02. The molecule has 0 N–H and O–H groups in total. The van der Waals surface area contributed by atoms with Gasteiger partial charge in [0.2, 0.25) is 0 Å². The first-order chi connectivity index (χ1) is 5.09. The van der Waals surface area contributed by atoms with Gasteiger partial charge < -0.3 is 0 Å². The van der Waals surface area contributed by atoms with E-state index < -0.39 is 0 Å². The van der Waals surface area contributed by atoms with Gasteiger partial charge in [-0.1, -0.05) is 37.1 Å². The van der Waals surface area contributed by atoms with Crippen LogP contribution in [0.5, 0.6) is 0 Å². The van der Waals surface area contributed by atoms with Gasteiger partial charge in [-0.25, -0.2) is 0 Å². The molecule has 1 aliphatic rings. The Kier molecular flexibility index (Phi) is 2.53. The van der Waals surface area contributed by atoms with Crippen molar-refractivity contribution < 1.29 is 0 Å². The Morgan fingerprint density at radius 2 is 2.00 bits per heavy atom. The van der Waals surface area contributed by atoms with E-state index in [0.29, 0.717) is 0 Å². The van der Waals surface area contributed by atoms with Crippen molar-refractivity contribution in [2.45, 2.75) is 34.1 Å². The van der Waals surface area contributed by atoms with Crippen molar-refractivity contribution in [2.75, 3.05) is 0 Å². The van der Waals surface area contributed by atoms with Crippen LogP contribution < -0.4 is 0 Å². The molecular weight excluding hydrogens is 132 g/mol. The lowest BCUT2D eigenvalue weighted by Gasteiger charge is -2.21. The molecule has 0 saturated heterocycles. The summed E-state index contributed by atoms with van der Waals surface area (Å²) in [4.78, 5) is 0. The predicted molar refractivity (Wildman–Crippen MR) is 50.5 cm³/mol. The van der Waals surface area contributed by atoms with Crippen LogP contribution in [0.3, 0.4) is 0 Å². The lowest BCUT2D eigenvalue weighted by atomic mass is 9.84. The summed E-state index contributed by atoms with van der Waals surface area (Å²) in [6, 6.07) is 0. The molecule has 0 nitrogen and oxygen atoms in total. The van der Waals surface area contributed by atoms with E-state index >= 15 is 0 Å². The fourth-order valence-corrected chi connectivity index (χ4v) is 1.69. The van der Waals surface area contributed by atoms with Crippen LogP contribution in [0.25, 0.3) is 0 Å². The number of allylic oxidation sites excluding steroid dienone is 4. The van der Waals surface area contributed by atoms with Crippen molar-refractivity contribution in [3.05, 3.63) is 23.3 Å². The Labute approximate surface area is 70.0 Å². The van der Waals surface area contributed by atoms with Gasteiger partial charge in [0.05, 0.1) is 0 Å². The first-order valence-electron chi connectivity index (χ1n) is 4.45. The molecule has 1 unspecified atom stereocenters. The van der Waals surface area contributed by atoms with Crippen LogP contribution in [0.4, 0.5) is 0 Å². The van der Waals surface area contributed by atoms with Crippen molar-refractivity contribution in [1.82, 2.24) is 0 Å². The maximum absolute atomic E-state index is 2.40. The molecule has 1 rings (SSSR count). The number of hydrogen-bond donors (Lipinski definition) is 0. The molecule has 0 radical (unpaired) electrons. The minimum Gasteiger partial charge on any atom is -0.0779 e. The van der Waals surface area contributed by atoms with Gasteiger partial charge >= 0.3 is 0 Å². The Bertz CT molecular complexity index is 194. The van der Waals surface area contributed by atoms with E-state index in [0.717, 1.165) is 11.8 Å². The maximum Gasteiger partial charge on any atom is -0.0167 e. The molecule has 0 aromatic carbocycles. The molecule has 0 saturated carbocycles. The van der Waals surface area contributed by atoms with Crippen LogP contribution in [0, 0.1) is 11.8 Å². The number of rotatable bonds is 1. The van der Waals surface area contributed by atoms with Gasteiger partial charge in [0.25, 0.3) is 0 Å². The summed E-state index contributed by atoms with van der Waals surface area (Å²) in [6.07, 6.45) is 5.95. The second-order valence-electron chi connectivity index (χ2n) is 4.01. The molecule has 0 spiro atoms. The molecule has 0 aromatic rings. The summed E-state index contributed by atoms with van der Waals surface area (Å²) < 4.78 is 0. The van der Waals surface area contributed by atoms with Gasteiger partial charge in [0.1, 0.15) is 0 Å². The van der Waals surface area contributed by atoms with Gasteiger partial charge in [0, 0.05) is 0 Å². The Balaban J connectivity index is 2.71. The SMILES string of the molecule is CC1=CC(C(C)C)CC(C)=C1. The minimum absolute atomic E-state index is 0.778. The quantitative estimate of drug-likeness (QED) is 0.536. The molecule has 62 valence electrons. The lowest BCUT2D eigenvalue weighted by Crippen LogP contribution is -2.09. The molecule has 0 aromatic heterocycles. The van der Waals surface area contributed by atoms with Crippen molar-refractivity contribution in [3.63, 3.8) is 0 Å². The third-order valence-corrected chi connectivity index (χ3v) is 2.37. The van der Waals surface area contributed by atoms with Crippen molar-refractivity contribution in [2.24, 2.45) is 11.8 Å². The second-order valence-corrected chi connectivity index (χ2v) is 4.01. The molecule has 11 heavy (non-hydrogen) atoms. The van der Waals surface area contributed by atoms with E-state index in [-0.39, 0.29) is 0 Å². The van der Waals surface area contributed by atoms with Crippen LogP contribution in [-0.2, 0) is 0 Å². The summed E-state index contributed by atoms with van der Waals surface area (Å²) in [7, 11) is 0. The number of hydrogen-bond acceptors (Lipinski definition) is 0. The van der Waals surface area contributed by atoms with E-state index in [1.54, 1.807) is 0 Å². The summed E-state index contributed by atoms with van der Waals surface area (Å²) in [6.45, 7) is 9.02. The normalized spacial score (nSPS) is 25.0. The third kappa shape index (κ3) is 2.21. The van der Waals surface area contributed by atoms with Gasteiger partial charge in [0.15, 0.2) is 0 Å². The average Bonchev–Trinajstić information content (AvgIpc) is 1.85. The highest BCUT2D eigenvalue weighted by molar-refractivity contribution is 5.26. The van der Waals surface area contributed by atoms with Crippen molar-refractivity contribution in [3.8, 4) is 0 Å². The Hall–Kier alpha value is -0.520. The summed E-state index contributed by atoms with van der Waals surface area (Å²) >= 11 is 0. The third-order valence-electron chi connectivity index (χ3n) is 2.37. The van der Waals surface area contributed by atoms with Crippen molar-refractivity contribution >= 4 is 0 Å². The Morgan fingerprint density at radius 3 is 2.45 bits per heavy atom. The van der Waals surface area contributed by atoms with E-state index in [2.05, 4.69) is 39.8 Å². The lowest BCUT2D eigenvalue weighted by molar-refractivity contribution is 0.456. The minimum atomic E-state index is 0.778. The second kappa shape index (κ2) is 3.25. The standard InChI is InChI=1S/C11H18/c1-8(2)11-6-9(3)5-10(4)7-11/h5-6,8,11H,7H2,1-4H3. The smallest absolute Gasteiger partial charge is 0.0167 e. The molecule has 0 amide bonds. The molecule has 0 bridgehead atoms. The summed E-state index contributed by atoms with van der Waals surface area (Å²) in [5.74, 6) is 1.56. The van der Waals surface area contributed by atoms with E-state index in [1.807, 2.05) is 0 Å². The molecule has 0 aliphatic heterocycles. The van der Waals surface area contributed by atoms with Gasteiger partial charge in [-0.3, -0.25) is 0 Å². The monoisotopic (exact) mass is 150 g/mol. The van der Waals surface area contributed by atoms with E-state index in [1.165, 1.54) is 17.6 Å². The first kappa shape index (κ1) is 8.58. The topological polar surface area (TPSA) is 0 Å². The summed E-state index contributed by atoms with van der Waals surface area (Å²) in [5.41, 5.74) is 2.97. The van der Waals surface area contributed by atoms with Crippen LogP contribution in [0.2, 0.25) is 0 Å². The fourth-order valence-electron chi connectivity index (χ4n) is 1.69. The van der Waals surface area contributed by atoms with E-state index in [4.69, 9.17) is 0 Å². The van der Waals surface area contributed by atoms with Crippen LogP contribution in [0.1, 0.15) is 34.1 Å². The average molecular weight is 150 g/mol. The highest BCUT2D eigenvalue weighted by Gasteiger charge is 2.14. The van der Waals surface area contributed by atoms with Gasteiger partial charge in [-0.2, -0.15) is 0 Å². The molecular formula is C11H18. The molecule has 1 atom stereocenters. The molecule has 0 fully saturated rings. The molecule has 1 aliphatic carbocycles. The van der Waals surface area contributed by atoms with Crippen LogP contribution in [-0.4, -0.2) is 0 Å². The zero-order chi connectivity index (χ0) is 8.43. The van der Waals surface area contributed by atoms with Crippen LogP contribution in [0.15, 0.2) is 23.3 Å².